The number of nitrogens with one attached hydrogen (secondary N) is 1. The molecule has 1 amide bonds. The molecular weight excluding hydrogens is 419 g/mol. The third-order valence-corrected chi connectivity index (χ3v) is 5.40. The molecule has 2 aromatic carbocycles. The van der Waals surface area contributed by atoms with E-state index in [1.807, 2.05) is 39.8 Å². The van der Waals surface area contributed by atoms with Gasteiger partial charge in [-0.25, -0.2) is 9.07 Å². The van der Waals surface area contributed by atoms with E-state index in [4.69, 9.17) is 0 Å². The van der Waals surface area contributed by atoms with E-state index in [0.717, 1.165) is 11.3 Å². The molecule has 2 heterocycles. The van der Waals surface area contributed by atoms with Gasteiger partial charge < -0.3 is 5.32 Å². The highest BCUT2D eigenvalue weighted by molar-refractivity contribution is 5.96. The minimum absolute atomic E-state index is 0.161. The molecule has 0 fully saturated rings. The van der Waals surface area contributed by atoms with E-state index < -0.39 is 0 Å². The number of hydrogen-bond acceptors (Lipinski definition) is 5. The SMILES string of the molecule is Cc1ccc(-c2cc(C(=O)NC(C)c3cnccn3)cc(-n3nncc3C(C)C)c2)c(F)c1. The Hall–Kier alpha value is -3.94. The number of hydrogen-bond donors (Lipinski definition) is 1. The molecule has 2 aromatic heterocycles. The predicted molar refractivity (Wildman–Crippen MR) is 123 cm³/mol. The molecule has 0 bridgehead atoms. The maximum Gasteiger partial charge on any atom is 0.251 e. The van der Waals surface area contributed by atoms with Crippen molar-refractivity contribution in [1.29, 1.82) is 0 Å². The topological polar surface area (TPSA) is 85.6 Å². The Labute approximate surface area is 191 Å². The normalized spacial score (nSPS) is 12.1. The Kier molecular flexibility index (Phi) is 6.26. The van der Waals surface area contributed by atoms with Gasteiger partial charge >= 0.3 is 0 Å². The number of amides is 1. The number of nitrogens with zero attached hydrogens (tertiary/aromatic N) is 5. The summed E-state index contributed by atoms with van der Waals surface area (Å²) in [6.45, 7) is 7.74. The molecule has 0 saturated carbocycles. The fraction of sp³-hybridized carbons (Fsp3) is 0.240. The van der Waals surface area contributed by atoms with Crippen LogP contribution in [0.5, 0.6) is 0 Å². The molecule has 0 spiro atoms. The van der Waals surface area contributed by atoms with Gasteiger partial charge in [0.2, 0.25) is 0 Å². The van der Waals surface area contributed by atoms with Crippen molar-refractivity contribution in [2.45, 2.75) is 39.7 Å². The van der Waals surface area contributed by atoms with E-state index in [-0.39, 0.29) is 23.7 Å². The molecule has 4 rings (SSSR count). The second-order valence-electron chi connectivity index (χ2n) is 8.30. The lowest BCUT2D eigenvalue weighted by Gasteiger charge is -2.16. The lowest BCUT2D eigenvalue weighted by atomic mass is 9.99. The monoisotopic (exact) mass is 444 g/mol. The van der Waals surface area contributed by atoms with Crippen LogP contribution in [0.2, 0.25) is 0 Å². The van der Waals surface area contributed by atoms with Crippen molar-refractivity contribution >= 4 is 5.91 Å². The Morgan fingerprint density at radius 1 is 1.06 bits per heavy atom. The van der Waals surface area contributed by atoms with E-state index in [9.17, 15) is 9.18 Å². The van der Waals surface area contributed by atoms with E-state index in [1.165, 1.54) is 6.07 Å². The molecule has 0 aliphatic heterocycles. The highest BCUT2D eigenvalue weighted by Gasteiger charge is 2.18. The maximum absolute atomic E-state index is 14.8. The molecule has 1 atom stereocenters. The summed E-state index contributed by atoms with van der Waals surface area (Å²) in [4.78, 5) is 21.5. The molecule has 168 valence electrons. The average molecular weight is 445 g/mol. The van der Waals surface area contributed by atoms with E-state index in [1.54, 1.807) is 47.7 Å². The molecule has 4 aromatic rings. The average Bonchev–Trinajstić information content (AvgIpc) is 3.30. The summed E-state index contributed by atoms with van der Waals surface area (Å²) in [5, 5.41) is 11.2. The number of aromatic nitrogens is 5. The Bertz CT molecular complexity index is 1290. The third-order valence-electron chi connectivity index (χ3n) is 5.40. The quantitative estimate of drug-likeness (QED) is 0.462. The van der Waals surface area contributed by atoms with Crippen molar-refractivity contribution in [3.05, 3.63) is 89.5 Å². The molecule has 33 heavy (non-hydrogen) atoms. The standard InChI is InChI=1S/C25H25FN6O/c1-15(2)24-14-29-31-32(24)20-11-18(21-6-5-16(3)9-22(21)26)10-19(12-20)25(33)30-17(4)23-13-27-7-8-28-23/h5-15,17H,1-4H3,(H,30,33). The van der Waals surface area contributed by atoms with Crippen LogP contribution < -0.4 is 5.32 Å². The third kappa shape index (κ3) is 4.79. The van der Waals surface area contributed by atoms with Crippen LogP contribution in [0.3, 0.4) is 0 Å². The van der Waals surface area contributed by atoms with Gasteiger partial charge in [0.25, 0.3) is 5.91 Å². The highest BCUT2D eigenvalue weighted by atomic mass is 19.1. The molecule has 0 radical (unpaired) electrons. The van der Waals surface area contributed by atoms with Crippen molar-refractivity contribution in [2.24, 2.45) is 0 Å². The number of benzene rings is 2. The highest BCUT2D eigenvalue weighted by Crippen LogP contribution is 2.29. The number of aryl methyl sites for hydroxylation is 1. The fourth-order valence-electron chi connectivity index (χ4n) is 3.60. The second-order valence-corrected chi connectivity index (χ2v) is 8.30. The van der Waals surface area contributed by atoms with Crippen LogP contribution >= 0.6 is 0 Å². The van der Waals surface area contributed by atoms with Crippen LogP contribution in [-0.4, -0.2) is 30.9 Å². The first-order valence-electron chi connectivity index (χ1n) is 10.7. The largest absolute Gasteiger partial charge is 0.344 e. The summed E-state index contributed by atoms with van der Waals surface area (Å²) < 4.78 is 16.5. The summed E-state index contributed by atoms with van der Waals surface area (Å²) in [6.07, 6.45) is 6.46. The smallest absolute Gasteiger partial charge is 0.251 e. The summed E-state index contributed by atoms with van der Waals surface area (Å²) in [7, 11) is 0. The summed E-state index contributed by atoms with van der Waals surface area (Å²) in [6, 6.07) is 9.92. The minimum atomic E-state index is -0.355. The Morgan fingerprint density at radius 3 is 2.58 bits per heavy atom. The first kappa shape index (κ1) is 22.3. The number of carbonyl (C=O) groups is 1. The molecule has 1 unspecified atom stereocenters. The number of carbonyl (C=O) groups excluding carboxylic acids is 1. The molecule has 8 heteroatoms. The van der Waals surface area contributed by atoms with Crippen molar-refractivity contribution in [1.82, 2.24) is 30.3 Å². The van der Waals surface area contributed by atoms with Crippen LogP contribution in [0, 0.1) is 12.7 Å². The van der Waals surface area contributed by atoms with Crippen molar-refractivity contribution in [3.63, 3.8) is 0 Å². The summed E-state index contributed by atoms with van der Waals surface area (Å²) in [5.41, 5.74) is 4.34. The Balaban J connectivity index is 1.79. The zero-order valence-electron chi connectivity index (χ0n) is 19.0. The van der Waals surface area contributed by atoms with Crippen LogP contribution in [0.4, 0.5) is 4.39 Å². The van der Waals surface area contributed by atoms with Crippen molar-refractivity contribution in [2.75, 3.05) is 0 Å². The summed E-state index contributed by atoms with van der Waals surface area (Å²) in [5.74, 6) is -0.502. The van der Waals surface area contributed by atoms with Gasteiger partial charge in [-0.2, -0.15) is 0 Å². The van der Waals surface area contributed by atoms with Gasteiger partial charge in [-0.15, -0.1) is 5.10 Å². The fourth-order valence-corrected chi connectivity index (χ4v) is 3.60. The molecule has 7 nitrogen and oxygen atoms in total. The van der Waals surface area contributed by atoms with Crippen molar-refractivity contribution < 1.29 is 9.18 Å². The molecule has 0 saturated heterocycles. The lowest BCUT2D eigenvalue weighted by Crippen LogP contribution is -2.27. The van der Waals surface area contributed by atoms with Gasteiger partial charge in [-0.05, 0) is 55.2 Å². The zero-order valence-corrected chi connectivity index (χ0v) is 19.0. The van der Waals surface area contributed by atoms with Crippen LogP contribution in [-0.2, 0) is 0 Å². The number of rotatable bonds is 6. The van der Waals surface area contributed by atoms with E-state index >= 15 is 0 Å². The van der Waals surface area contributed by atoms with Gasteiger partial charge in [-0.3, -0.25) is 14.8 Å². The second kappa shape index (κ2) is 9.28. The summed E-state index contributed by atoms with van der Waals surface area (Å²) >= 11 is 0. The van der Waals surface area contributed by atoms with Gasteiger partial charge in [0.1, 0.15) is 5.82 Å². The van der Waals surface area contributed by atoms with Crippen LogP contribution in [0.15, 0.2) is 61.2 Å². The van der Waals surface area contributed by atoms with Gasteiger partial charge in [0.15, 0.2) is 0 Å². The minimum Gasteiger partial charge on any atom is -0.344 e. The molecule has 0 aliphatic carbocycles. The van der Waals surface area contributed by atoms with Crippen molar-refractivity contribution in [3.8, 4) is 16.8 Å². The molecule has 0 aliphatic rings. The van der Waals surface area contributed by atoms with E-state index in [0.29, 0.717) is 28.1 Å². The predicted octanol–water partition coefficient (Wildman–Crippen LogP) is 4.79. The van der Waals surface area contributed by atoms with Gasteiger partial charge in [-0.1, -0.05) is 31.2 Å². The first-order chi connectivity index (χ1) is 15.8. The van der Waals surface area contributed by atoms with Crippen LogP contribution in [0.25, 0.3) is 16.8 Å². The number of halogens is 1. The van der Waals surface area contributed by atoms with Gasteiger partial charge in [0, 0.05) is 23.5 Å². The lowest BCUT2D eigenvalue weighted by molar-refractivity contribution is 0.0939. The van der Waals surface area contributed by atoms with E-state index in [2.05, 4.69) is 25.6 Å². The zero-order chi connectivity index (χ0) is 23.5. The van der Waals surface area contributed by atoms with Crippen LogP contribution in [0.1, 0.15) is 60.0 Å². The maximum atomic E-state index is 14.8. The first-order valence-corrected chi connectivity index (χ1v) is 10.7. The molecule has 1 N–H and O–H groups in total. The molecular formula is C25H25FN6O. The van der Waals surface area contributed by atoms with Gasteiger partial charge in [0.05, 0.1) is 35.5 Å². The Morgan fingerprint density at radius 2 is 1.88 bits per heavy atom.